The van der Waals surface area contributed by atoms with Gasteiger partial charge in [0.2, 0.25) is 0 Å². The van der Waals surface area contributed by atoms with Crippen LogP contribution in [-0.4, -0.2) is 89.0 Å². The quantitative estimate of drug-likeness (QED) is 0.250. The van der Waals surface area contributed by atoms with E-state index in [1.165, 1.54) is 16.8 Å². The molecule has 13 heteroatoms. The number of likely N-dealkylation sites (tertiary alicyclic amines) is 2. The highest BCUT2D eigenvalue weighted by atomic mass is 16.5. The van der Waals surface area contributed by atoms with E-state index in [0.29, 0.717) is 30.1 Å². The number of benzene rings is 2. The average Bonchev–Trinajstić information content (AvgIpc) is 3.14. The minimum atomic E-state index is -0.527. The Bertz CT molecular complexity index is 1990. The fraction of sp³-hybridized carbons (Fsp3) is 0.421. The molecule has 1 amide bonds. The van der Waals surface area contributed by atoms with Crippen LogP contribution in [0, 0.1) is 6.92 Å². The second kappa shape index (κ2) is 15.8. The average molecular weight is 700 g/mol. The number of H-pyrrole nitrogens is 1. The maximum atomic E-state index is 12.9. The van der Waals surface area contributed by atoms with Crippen molar-refractivity contribution in [2.75, 3.05) is 47.0 Å². The van der Waals surface area contributed by atoms with E-state index in [0.717, 1.165) is 73.5 Å². The lowest BCUT2D eigenvalue weighted by atomic mass is 10.0. The lowest BCUT2D eigenvalue weighted by Gasteiger charge is -2.37. The zero-order chi connectivity index (χ0) is 36.1. The first-order valence-corrected chi connectivity index (χ1v) is 17.2. The third-order valence-electron chi connectivity index (χ3n) is 9.69. The molecule has 4 heterocycles. The smallest absolute Gasteiger partial charge is 0.332 e. The Kier molecular flexibility index (Phi) is 11.1. The summed E-state index contributed by atoms with van der Waals surface area (Å²) in [6, 6.07) is 13.9. The largest absolute Gasteiger partial charge is 0.496 e. The summed E-state index contributed by atoms with van der Waals surface area (Å²) in [6.45, 7) is 5.50. The summed E-state index contributed by atoms with van der Waals surface area (Å²) in [7, 11) is 5.08. The monoisotopic (exact) mass is 699 g/mol. The molecule has 270 valence electrons. The molecule has 2 aliphatic heterocycles. The van der Waals surface area contributed by atoms with E-state index in [1.807, 2.05) is 36.2 Å². The topological polar surface area (TPSA) is 137 Å². The second-order valence-electron chi connectivity index (χ2n) is 13.1. The number of nitrogens with one attached hydrogen (secondary N) is 1. The number of ether oxygens (including phenoxy) is 4. The van der Waals surface area contributed by atoms with Crippen LogP contribution in [0.2, 0.25) is 0 Å². The number of carbonyl (C=O) groups excluding carboxylic acids is 1. The van der Waals surface area contributed by atoms with E-state index in [1.54, 1.807) is 50.1 Å². The molecule has 0 aliphatic carbocycles. The second-order valence-corrected chi connectivity index (χ2v) is 13.1. The number of hydrogen-bond donors (Lipinski definition) is 1. The Labute approximate surface area is 295 Å². The van der Waals surface area contributed by atoms with Crippen molar-refractivity contribution in [3.8, 4) is 34.1 Å². The van der Waals surface area contributed by atoms with Crippen molar-refractivity contribution in [2.24, 2.45) is 7.05 Å². The number of aromatic nitrogens is 3. The van der Waals surface area contributed by atoms with Gasteiger partial charge in [-0.05, 0) is 75.1 Å². The Morgan fingerprint density at radius 2 is 1.53 bits per heavy atom. The molecule has 13 nitrogen and oxygen atoms in total. The third-order valence-corrected chi connectivity index (χ3v) is 9.69. The number of carbonyl (C=O) groups is 1. The van der Waals surface area contributed by atoms with Crippen LogP contribution in [0.4, 0.5) is 0 Å². The van der Waals surface area contributed by atoms with Crippen molar-refractivity contribution in [1.29, 1.82) is 0 Å². The van der Waals surface area contributed by atoms with Crippen LogP contribution in [0.25, 0.3) is 16.8 Å². The van der Waals surface area contributed by atoms with Gasteiger partial charge in [0.1, 0.15) is 17.2 Å². The number of hydrogen-bond acceptors (Lipinski definition) is 9. The number of rotatable bonds is 11. The molecular weight excluding hydrogens is 654 g/mol. The summed E-state index contributed by atoms with van der Waals surface area (Å²) >= 11 is 0. The van der Waals surface area contributed by atoms with Gasteiger partial charge in [0.25, 0.3) is 17.0 Å². The predicted molar refractivity (Wildman–Crippen MR) is 192 cm³/mol. The van der Waals surface area contributed by atoms with Crippen LogP contribution in [0.1, 0.15) is 36.8 Å². The fourth-order valence-corrected chi connectivity index (χ4v) is 6.85. The zero-order valence-electron chi connectivity index (χ0n) is 29.6. The molecule has 1 N–H and O–H groups in total. The lowest BCUT2D eigenvalue weighted by molar-refractivity contribution is -0.137. The maximum absolute atomic E-state index is 12.9. The summed E-state index contributed by atoms with van der Waals surface area (Å²) in [5.74, 6) is 1.95. The fourth-order valence-electron chi connectivity index (χ4n) is 6.85. The molecule has 2 aromatic carbocycles. The normalized spacial score (nSPS) is 15.9. The van der Waals surface area contributed by atoms with Crippen molar-refractivity contribution in [3.63, 3.8) is 0 Å². The molecule has 0 bridgehead atoms. The van der Waals surface area contributed by atoms with Gasteiger partial charge in [0, 0.05) is 80.5 Å². The summed E-state index contributed by atoms with van der Waals surface area (Å²) in [4.78, 5) is 54.9. The van der Waals surface area contributed by atoms with Crippen LogP contribution in [-0.2, 0) is 23.1 Å². The van der Waals surface area contributed by atoms with Crippen LogP contribution in [0.5, 0.6) is 17.2 Å². The number of amides is 1. The zero-order valence-corrected chi connectivity index (χ0v) is 29.6. The van der Waals surface area contributed by atoms with E-state index in [4.69, 9.17) is 18.9 Å². The van der Waals surface area contributed by atoms with E-state index in [-0.39, 0.29) is 30.3 Å². The van der Waals surface area contributed by atoms with Crippen LogP contribution in [0.15, 0.2) is 75.3 Å². The predicted octanol–water partition coefficient (Wildman–Crippen LogP) is 3.27. The van der Waals surface area contributed by atoms with Gasteiger partial charge in [0.15, 0.2) is 6.61 Å². The van der Waals surface area contributed by atoms with Crippen LogP contribution >= 0.6 is 0 Å². The van der Waals surface area contributed by atoms with E-state index in [9.17, 15) is 19.2 Å². The number of aryl methyl sites for hydroxylation is 2. The molecule has 2 saturated heterocycles. The molecule has 0 atom stereocenters. The van der Waals surface area contributed by atoms with E-state index >= 15 is 0 Å². The first kappa shape index (κ1) is 35.7. The van der Waals surface area contributed by atoms with Crippen LogP contribution in [0.3, 0.4) is 0 Å². The molecule has 0 saturated carbocycles. The van der Waals surface area contributed by atoms with Gasteiger partial charge in [-0.2, -0.15) is 0 Å². The minimum absolute atomic E-state index is 0.0249. The number of aromatic amines is 1. The molecule has 0 radical (unpaired) electrons. The minimum Gasteiger partial charge on any atom is -0.496 e. The van der Waals surface area contributed by atoms with Gasteiger partial charge >= 0.3 is 5.69 Å². The summed E-state index contributed by atoms with van der Waals surface area (Å²) in [6.07, 6.45) is 6.95. The Hall–Kier alpha value is -5.14. The SMILES string of the molecule is COc1cc(-c2cc(C)c(=O)n(C)c2)c(OC)cc1CN1CCC(OC2CCN(C(=O)COc3ccc(-n4ccc(=O)[nH]c4=O)cc3)CC2)CC1. The molecule has 51 heavy (non-hydrogen) atoms. The Balaban J connectivity index is 0.948. The molecule has 0 spiro atoms. The van der Waals surface area contributed by atoms with Crippen molar-refractivity contribution < 1.29 is 23.7 Å². The molecular formula is C38H45N5O8. The molecule has 6 rings (SSSR count). The van der Waals surface area contributed by atoms with Gasteiger partial charge in [-0.3, -0.25) is 28.8 Å². The van der Waals surface area contributed by atoms with E-state index in [2.05, 4.69) is 9.88 Å². The van der Waals surface area contributed by atoms with Gasteiger partial charge in [-0.1, -0.05) is 0 Å². The summed E-state index contributed by atoms with van der Waals surface area (Å²) < 4.78 is 26.8. The van der Waals surface area contributed by atoms with Gasteiger partial charge < -0.3 is 28.4 Å². The van der Waals surface area contributed by atoms with Gasteiger partial charge in [-0.25, -0.2) is 4.79 Å². The highest BCUT2D eigenvalue weighted by Crippen LogP contribution is 2.37. The maximum Gasteiger partial charge on any atom is 0.332 e. The van der Waals surface area contributed by atoms with Gasteiger partial charge in [0.05, 0.1) is 32.1 Å². The van der Waals surface area contributed by atoms with Crippen molar-refractivity contribution in [2.45, 2.75) is 51.4 Å². The number of piperidine rings is 2. The van der Waals surface area contributed by atoms with Crippen molar-refractivity contribution >= 4 is 5.91 Å². The number of pyridine rings is 1. The molecule has 2 aromatic heterocycles. The molecule has 2 fully saturated rings. The van der Waals surface area contributed by atoms with Crippen molar-refractivity contribution in [3.05, 3.63) is 103 Å². The Morgan fingerprint density at radius 3 is 2.16 bits per heavy atom. The first-order valence-electron chi connectivity index (χ1n) is 17.2. The summed E-state index contributed by atoms with van der Waals surface area (Å²) in [5, 5.41) is 0. The lowest BCUT2D eigenvalue weighted by Crippen LogP contribution is -2.45. The van der Waals surface area contributed by atoms with Gasteiger partial charge in [-0.15, -0.1) is 0 Å². The third kappa shape index (κ3) is 8.43. The van der Waals surface area contributed by atoms with E-state index < -0.39 is 11.2 Å². The molecule has 2 aliphatic rings. The molecule has 0 unspecified atom stereocenters. The highest BCUT2D eigenvalue weighted by molar-refractivity contribution is 5.78. The Morgan fingerprint density at radius 1 is 0.863 bits per heavy atom. The van der Waals surface area contributed by atoms with Crippen molar-refractivity contribution in [1.82, 2.24) is 23.9 Å². The van der Waals surface area contributed by atoms with Crippen LogP contribution < -0.4 is 31.0 Å². The highest BCUT2D eigenvalue weighted by Gasteiger charge is 2.28. The number of methoxy groups -OCH3 is 2. The molecule has 4 aromatic rings. The standard InChI is InChI=1S/C38H45N5O8/c1-25-19-26(22-40(2)37(25)46)32-21-33(48-3)27(20-34(32)49-4)23-41-14-9-30(10-15-41)51-31-11-16-42(17-12-31)36(45)24-50-29-7-5-28(6-8-29)43-18-13-35(44)39-38(43)47/h5-8,13,18-22,30-31H,9-12,14-17,23-24H2,1-4H3,(H,39,44,47). The number of nitrogens with zero attached hydrogens (tertiary/aromatic N) is 4. The summed E-state index contributed by atoms with van der Waals surface area (Å²) in [5.41, 5.74) is 3.04. The first-order chi connectivity index (χ1) is 24.6.